The number of amides is 3. The molecule has 1 heterocycles. The van der Waals surface area contributed by atoms with E-state index in [1.807, 2.05) is 12.1 Å². The highest BCUT2D eigenvalue weighted by molar-refractivity contribution is 8.14. The minimum atomic E-state index is -0.448. The monoisotopic (exact) mass is 345 g/mol. The van der Waals surface area contributed by atoms with Crippen molar-refractivity contribution in [1.82, 2.24) is 0 Å². The molecule has 1 N–H and O–H groups in total. The molecule has 126 valence electrons. The van der Waals surface area contributed by atoms with E-state index in [2.05, 4.69) is 15.3 Å². The third-order valence-corrected chi connectivity index (χ3v) is 5.13. The highest BCUT2D eigenvalue weighted by atomic mass is 32.2. The van der Waals surface area contributed by atoms with Crippen molar-refractivity contribution in [2.75, 3.05) is 18.2 Å². The van der Waals surface area contributed by atoms with E-state index >= 15 is 0 Å². The Bertz CT molecular complexity index is 715. The second-order valence-corrected chi connectivity index (χ2v) is 6.67. The second kappa shape index (κ2) is 7.61. The molecule has 1 aromatic carbocycles. The average Bonchev–Trinajstić information content (AvgIpc) is 2.60. The number of rotatable bonds is 4. The highest BCUT2D eigenvalue weighted by Gasteiger charge is 2.30. The van der Waals surface area contributed by atoms with Gasteiger partial charge in [0.1, 0.15) is 5.75 Å². The summed E-state index contributed by atoms with van der Waals surface area (Å²) in [6, 6.07) is 6.80. The standard InChI is InChI=1S/C17H19N3O3S/c1-23-14-9-5-4-8-13(14)18-15(21)10-24-16-11-6-2-3-7-12(11)19-17(22)20-16/h4-5,8-9,11H,2-3,6-7,10H2,1H3,(H,18,21). The van der Waals surface area contributed by atoms with Gasteiger partial charge in [-0.25, -0.2) is 9.79 Å². The molecule has 7 heteroatoms. The summed E-state index contributed by atoms with van der Waals surface area (Å²) >= 11 is 1.32. The Morgan fingerprint density at radius 1 is 1.33 bits per heavy atom. The predicted molar refractivity (Wildman–Crippen MR) is 96.3 cm³/mol. The van der Waals surface area contributed by atoms with Crippen LogP contribution in [0.5, 0.6) is 5.75 Å². The van der Waals surface area contributed by atoms with E-state index in [-0.39, 0.29) is 17.6 Å². The Morgan fingerprint density at radius 2 is 2.17 bits per heavy atom. The smallest absolute Gasteiger partial charge is 0.367 e. The van der Waals surface area contributed by atoms with Gasteiger partial charge >= 0.3 is 6.03 Å². The van der Waals surface area contributed by atoms with E-state index in [1.54, 1.807) is 19.2 Å². The Morgan fingerprint density at radius 3 is 3.00 bits per heavy atom. The van der Waals surface area contributed by atoms with Crippen LogP contribution in [0.25, 0.3) is 0 Å². The third kappa shape index (κ3) is 3.84. The highest BCUT2D eigenvalue weighted by Crippen LogP contribution is 2.30. The van der Waals surface area contributed by atoms with Gasteiger partial charge in [0.05, 0.1) is 23.6 Å². The molecule has 3 rings (SSSR count). The Labute approximate surface area is 144 Å². The maximum atomic E-state index is 12.2. The van der Waals surface area contributed by atoms with Crippen molar-refractivity contribution in [2.24, 2.45) is 15.9 Å². The van der Waals surface area contributed by atoms with Crippen molar-refractivity contribution in [3.05, 3.63) is 24.3 Å². The van der Waals surface area contributed by atoms with Crippen LogP contribution < -0.4 is 10.1 Å². The van der Waals surface area contributed by atoms with Crippen LogP contribution in [0.1, 0.15) is 25.7 Å². The van der Waals surface area contributed by atoms with Crippen molar-refractivity contribution in [1.29, 1.82) is 0 Å². The SMILES string of the molecule is COc1ccccc1NC(=O)CSC1=NC(=O)N=C2CCCCC21. The van der Waals surface area contributed by atoms with Crippen molar-refractivity contribution >= 4 is 40.1 Å². The summed E-state index contributed by atoms with van der Waals surface area (Å²) in [5.41, 5.74) is 1.56. The van der Waals surface area contributed by atoms with Crippen LogP contribution in [-0.2, 0) is 4.79 Å². The summed E-state index contributed by atoms with van der Waals surface area (Å²) in [7, 11) is 1.56. The number of hydrogen-bond acceptors (Lipinski definition) is 4. The number of ether oxygens (including phenoxy) is 1. The molecule has 3 amide bonds. The fourth-order valence-corrected chi connectivity index (χ4v) is 3.87. The third-order valence-electron chi connectivity index (χ3n) is 4.05. The summed E-state index contributed by atoms with van der Waals surface area (Å²) < 4.78 is 5.22. The number of anilines is 1. The van der Waals surface area contributed by atoms with Crippen molar-refractivity contribution in [3.63, 3.8) is 0 Å². The summed E-state index contributed by atoms with van der Waals surface area (Å²) in [5.74, 6) is 0.774. The Kier molecular flexibility index (Phi) is 5.30. The molecule has 0 saturated heterocycles. The molecule has 0 aromatic heterocycles. The van der Waals surface area contributed by atoms with Crippen LogP contribution in [-0.4, -0.2) is 35.6 Å². The maximum Gasteiger partial charge on any atom is 0.367 e. The number of urea groups is 1. The molecule has 0 bridgehead atoms. The van der Waals surface area contributed by atoms with Gasteiger partial charge in [-0.3, -0.25) is 4.79 Å². The van der Waals surface area contributed by atoms with E-state index in [9.17, 15) is 9.59 Å². The lowest BCUT2D eigenvalue weighted by molar-refractivity contribution is -0.113. The van der Waals surface area contributed by atoms with E-state index in [0.717, 1.165) is 36.4 Å². The van der Waals surface area contributed by atoms with Crippen molar-refractivity contribution < 1.29 is 14.3 Å². The first-order valence-corrected chi connectivity index (χ1v) is 8.91. The summed E-state index contributed by atoms with van der Waals surface area (Å²) in [6.45, 7) is 0. The van der Waals surface area contributed by atoms with Gasteiger partial charge in [0.25, 0.3) is 0 Å². The zero-order chi connectivity index (χ0) is 16.9. The fourth-order valence-electron chi connectivity index (χ4n) is 2.92. The maximum absolute atomic E-state index is 12.2. The van der Waals surface area contributed by atoms with Gasteiger partial charge in [-0.05, 0) is 31.4 Å². The van der Waals surface area contributed by atoms with Gasteiger partial charge in [0.15, 0.2) is 0 Å². The van der Waals surface area contributed by atoms with Gasteiger partial charge < -0.3 is 10.1 Å². The molecular formula is C17H19N3O3S. The molecule has 6 nitrogen and oxygen atoms in total. The van der Waals surface area contributed by atoms with Gasteiger partial charge in [-0.2, -0.15) is 4.99 Å². The normalized spacial score (nSPS) is 19.9. The summed E-state index contributed by atoms with van der Waals surface area (Å²) in [6.07, 6.45) is 3.97. The lowest BCUT2D eigenvalue weighted by atomic mass is 9.87. The number of methoxy groups -OCH3 is 1. The molecular weight excluding hydrogens is 326 g/mol. The Balaban J connectivity index is 1.60. The molecule has 1 atom stereocenters. The average molecular weight is 345 g/mol. The number of nitrogens with one attached hydrogen (secondary N) is 1. The molecule has 24 heavy (non-hydrogen) atoms. The number of thioether (sulfide) groups is 1. The van der Waals surface area contributed by atoms with Gasteiger partial charge in [0, 0.05) is 11.6 Å². The fraction of sp³-hybridized carbons (Fsp3) is 0.412. The van der Waals surface area contributed by atoms with Crippen molar-refractivity contribution in [3.8, 4) is 5.75 Å². The van der Waals surface area contributed by atoms with Crippen LogP contribution in [0.15, 0.2) is 34.3 Å². The number of carbonyl (C=O) groups excluding carboxylic acids is 2. The number of para-hydroxylation sites is 2. The van der Waals surface area contributed by atoms with Crippen LogP contribution in [0, 0.1) is 5.92 Å². The van der Waals surface area contributed by atoms with Gasteiger partial charge in [-0.1, -0.05) is 30.3 Å². The molecule has 1 unspecified atom stereocenters. The van der Waals surface area contributed by atoms with Gasteiger partial charge in [0.2, 0.25) is 5.91 Å². The molecule has 1 aromatic rings. The van der Waals surface area contributed by atoms with Crippen LogP contribution >= 0.6 is 11.8 Å². The van der Waals surface area contributed by atoms with E-state index in [0.29, 0.717) is 11.4 Å². The first-order chi connectivity index (χ1) is 11.7. The largest absolute Gasteiger partial charge is 0.495 e. The first kappa shape index (κ1) is 16.7. The molecule has 1 saturated carbocycles. The van der Waals surface area contributed by atoms with Crippen LogP contribution in [0.2, 0.25) is 0 Å². The first-order valence-electron chi connectivity index (χ1n) is 7.93. The summed E-state index contributed by atoms with van der Waals surface area (Å²) in [4.78, 5) is 31.9. The topological polar surface area (TPSA) is 80.1 Å². The number of hydrogen-bond donors (Lipinski definition) is 1. The molecule has 0 spiro atoms. The molecule has 1 aliphatic carbocycles. The van der Waals surface area contributed by atoms with Gasteiger partial charge in [-0.15, -0.1) is 0 Å². The van der Waals surface area contributed by atoms with E-state index < -0.39 is 6.03 Å². The molecule has 1 fully saturated rings. The lowest BCUT2D eigenvalue weighted by Crippen LogP contribution is -2.31. The van der Waals surface area contributed by atoms with Crippen molar-refractivity contribution in [2.45, 2.75) is 25.7 Å². The van der Waals surface area contributed by atoms with Crippen LogP contribution in [0.4, 0.5) is 10.5 Å². The molecule has 2 aliphatic rings. The number of nitrogens with zero attached hydrogens (tertiary/aromatic N) is 2. The number of aliphatic imine (C=N–C) groups is 2. The number of fused-ring (bicyclic) bond motifs is 1. The second-order valence-electron chi connectivity index (χ2n) is 5.67. The number of benzene rings is 1. The zero-order valence-electron chi connectivity index (χ0n) is 13.4. The Hall–Kier alpha value is -2.15. The quantitative estimate of drug-likeness (QED) is 0.905. The van der Waals surface area contributed by atoms with E-state index in [1.165, 1.54) is 11.8 Å². The van der Waals surface area contributed by atoms with E-state index in [4.69, 9.17) is 4.74 Å². The lowest BCUT2D eigenvalue weighted by Gasteiger charge is -2.26. The predicted octanol–water partition coefficient (Wildman–Crippen LogP) is 3.53. The zero-order valence-corrected chi connectivity index (χ0v) is 14.3. The molecule has 0 radical (unpaired) electrons. The minimum Gasteiger partial charge on any atom is -0.495 e. The minimum absolute atomic E-state index is 0.112. The molecule has 1 aliphatic heterocycles. The van der Waals surface area contributed by atoms with Crippen LogP contribution in [0.3, 0.4) is 0 Å². The summed E-state index contributed by atoms with van der Waals surface area (Å²) in [5, 5.41) is 3.55. The number of carbonyl (C=O) groups is 2.